The lowest BCUT2D eigenvalue weighted by Crippen LogP contribution is -2.32. The number of hydrogen-bond donors (Lipinski definition) is 0. The molecule has 0 saturated heterocycles. The maximum absolute atomic E-state index is 11.8. The van der Waals surface area contributed by atoms with Crippen LogP contribution in [0.2, 0.25) is 0 Å². The smallest absolute Gasteiger partial charge is 0.299 e. The third-order valence-corrected chi connectivity index (χ3v) is 2.73. The average molecular weight is 233 g/mol. The van der Waals surface area contributed by atoms with Crippen molar-refractivity contribution in [3.63, 3.8) is 0 Å². The lowest BCUT2D eigenvalue weighted by atomic mass is 10.1. The van der Waals surface area contributed by atoms with Gasteiger partial charge < -0.3 is 9.64 Å². The Hall–Kier alpha value is -1.84. The summed E-state index contributed by atoms with van der Waals surface area (Å²) in [4.78, 5) is 25.1. The molecule has 0 unspecified atom stereocenters. The number of carbonyl (C=O) groups excluding carboxylic acids is 2. The highest BCUT2D eigenvalue weighted by Crippen LogP contribution is 2.32. The molecule has 0 aromatic heterocycles. The van der Waals surface area contributed by atoms with Gasteiger partial charge in [0.15, 0.2) is 0 Å². The van der Waals surface area contributed by atoms with E-state index in [0.717, 1.165) is 0 Å². The minimum atomic E-state index is -0.443. The molecule has 1 aromatic rings. The molecule has 2 rings (SSSR count). The van der Waals surface area contributed by atoms with E-state index in [-0.39, 0.29) is 0 Å². The lowest BCUT2D eigenvalue weighted by Gasteiger charge is -2.19. The molecule has 0 radical (unpaired) electrons. The van der Waals surface area contributed by atoms with Crippen molar-refractivity contribution < 1.29 is 14.3 Å². The van der Waals surface area contributed by atoms with Crippen molar-refractivity contribution in [1.82, 2.24) is 0 Å². The summed E-state index contributed by atoms with van der Waals surface area (Å²) in [6, 6.07) is 5.08. The highest BCUT2D eigenvalue weighted by molar-refractivity contribution is 6.52. The summed E-state index contributed by atoms with van der Waals surface area (Å²) < 4.78 is 5.11. The number of hydrogen-bond acceptors (Lipinski definition) is 3. The number of ketones is 1. The Kier molecular flexibility index (Phi) is 2.88. The van der Waals surface area contributed by atoms with Crippen LogP contribution in [0, 0.1) is 5.92 Å². The number of benzene rings is 1. The summed E-state index contributed by atoms with van der Waals surface area (Å²) in [6.07, 6.45) is 0. The van der Waals surface area contributed by atoms with Gasteiger partial charge in [0.25, 0.3) is 11.7 Å². The number of amides is 1. The minimum Gasteiger partial charge on any atom is -0.497 e. The maximum atomic E-state index is 11.8. The summed E-state index contributed by atoms with van der Waals surface area (Å²) >= 11 is 0. The van der Waals surface area contributed by atoms with Gasteiger partial charge in [-0.05, 0) is 18.1 Å². The predicted octanol–water partition coefficient (Wildman–Crippen LogP) is 1.88. The molecule has 4 heteroatoms. The second-order valence-electron chi connectivity index (χ2n) is 4.52. The third-order valence-electron chi connectivity index (χ3n) is 2.73. The molecular weight excluding hydrogens is 218 g/mol. The van der Waals surface area contributed by atoms with Gasteiger partial charge in [0.1, 0.15) is 5.75 Å². The van der Waals surface area contributed by atoms with Crippen LogP contribution in [0.25, 0.3) is 0 Å². The van der Waals surface area contributed by atoms with Crippen LogP contribution in [0.3, 0.4) is 0 Å². The van der Waals surface area contributed by atoms with E-state index in [2.05, 4.69) is 0 Å². The van der Waals surface area contributed by atoms with E-state index < -0.39 is 11.7 Å². The average Bonchev–Trinajstić information content (AvgIpc) is 2.53. The molecule has 1 heterocycles. The molecule has 4 nitrogen and oxygen atoms in total. The van der Waals surface area contributed by atoms with Gasteiger partial charge in [0, 0.05) is 12.6 Å². The van der Waals surface area contributed by atoms with E-state index >= 15 is 0 Å². The van der Waals surface area contributed by atoms with Crippen LogP contribution in [0.1, 0.15) is 24.2 Å². The molecule has 0 saturated carbocycles. The molecule has 1 aliphatic heterocycles. The number of anilines is 1. The van der Waals surface area contributed by atoms with Crippen molar-refractivity contribution in [3.05, 3.63) is 23.8 Å². The molecule has 0 bridgehead atoms. The molecule has 0 aliphatic carbocycles. The third kappa shape index (κ3) is 1.90. The molecule has 0 N–H and O–H groups in total. The largest absolute Gasteiger partial charge is 0.497 e. The molecule has 0 fully saturated rings. The Labute approximate surface area is 100 Å². The van der Waals surface area contributed by atoms with Crippen molar-refractivity contribution >= 4 is 17.4 Å². The van der Waals surface area contributed by atoms with E-state index in [9.17, 15) is 9.59 Å². The first kappa shape index (κ1) is 11.6. The van der Waals surface area contributed by atoms with Gasteiger partial charge in [0.05, 0.1) is 18.4 Å². The van der Waals surface area contributed by atoms with Gasteiger partial charge in [-0.15, -0.1) is 0 Å². The zero-order valence-electron chi connectivity index (χ0n) is 10.2. The standard InChI is InChI=1S/C13H15NO3/c1-8(2)7-14-11-6-9(17-3)4-5-10(11)12(15)13(14)16/h4-6,8H,7H2,1-3H3. The first-order valence-corrected chi connectivity index (χ1v) is 5.59. The first-order chi connectivity index (χ1) is 8.04. The van der Waals surface area contributed by atoms with Gasteiger partial charge in [-0.25, -0.2) is 0 Å². The van der Waals surface area contributed by atoms with Crippen LogP contribution in [0.4, 0.5) is 5.69 Å². The first-order valence-electron chi connectivity index (χ1n) is 5.59. The monoisotopic (exact) mass is 233 g/mol. The SMILES string of the molecule is COc1ccc2c(c1)N(CC(C)C)C(=O)C2=O. The molecule has 0 atom stereocenters. The summed E-state index contributed by atoms with van der Waals surface area (Å²) in [6.45, 7) is 4.57. The molecular formula is C13H15NO3. The van der Waals surface area contributed by atoms with Crippen LogP contribution >= 0.6 is 0 Å². The van der Waals surface area contributed by atoms with E-state index in [4.69, 9.17) is 4.74 Å². The van der Waals surface area contributed by atoms with Crippen LogP contribution in [-0.4, -0.2) is 25.3 Å². The number of nitrogens with zero attached hydrogens (tertiary/aromatic N) is 1. The molecule has 1 aliphatic rings. The Morgan fingerprint density at radius 2 is 2.00 bits per heavy atom. The zero-order valence-corrected chi connectivity index (χ0v) is 10.2. The van der Waals surface area contributed by atoms with Crippen LogP contribution in [-0.2, 0) is 4.79 Å². The van der Waals surface area contributed by atoms with Gasteiger partial charge in [0.2, 0.25) is 0 Å². The number of carbonyl (C=O) groups is 2. The van der Waals surface area contributed by atoms with Crippen molar-refractivity contribution in [3.8, 4) is 5.75 Å². The number of fused-ring (bicyclic) bond motifs is 1. The number of Topliss-reactive ketones (excluding diaryl/α,β-unsaturated/α-hetero) is 1. The minimum absolute atomic E-state index is 0.309. The zero-order chi connectivity index (χ0) is 12.6. The highest BCUT2D eigenvalue weighted by Gasteiger charge is 2.36. The summed E-state index contributed by atoms with van der Waals surface area (Å²) in [5.41, 5.74) is 1.13. The van der Waals surface area contributed by atoms with Crippen molar-refractivity contribution in [2.45, 2.75) is 13.8 Å². The molecule has 90 valence electrons. The fraction of sp³-hybridized carbons (Fsp3) is 0.385. The quantitative estimate of drug-likeness (QED) is 0.749. The highest BCUT2D eigenvalue weighted by atomic mass is 16.5. The lowest BCUT2D eigenvalue weighted by molar-refractivity contribution is -0.114. The summed E-state index contributed by atoms with van der Waals surface area (Å²) in [5, 5.41) is 0. The van der Waals surface area contributed by atoms with E-state index in [1.165, 1.54) is 4.90 Å². The second-order valence-corrected chi connectivity index (χ2v) is 4.52. The number of methoxy groups -OCH3 is 1. The Balaban J connectivity index is 2.45. The molecule has 1 amide bonds. The molecule has 17 heavy (non-hydrogen) atoms. The predicted molar refractivity (Wildman–Crippen MR) is 64.5 cm³/mol. The van der Waals surface area contributed by atoms with Gasteiger partial charge in [-0.3, -0.25) is 9.59 Å². The topological polar surface area (TPSA) is 46.6 Å². The Bertz CT molecular complexity index is 480. The van der Waals surface area contributed by atoms with Crippen molar-refractivity contribution in [1.29, 1.82) is 0 Å². The molecule has 0 spiro atoms. The fourth-order valence-electron chi connectivity index (χ4n) is 1.95. The van der Waals surface area contributed by atoms with E-state index in [0.29, 0.717) is 29.5 Å². The van der Waals surface area contributed by atoms with Crippen LogP contribution in [0.15, 0.2) is 18.2 Å². The van der Waals surface area contributed by atoms with Crippen LogP contribution < -0.4 is 9.64 Å². The Morgan fingerprint density at radius 1 is 1.29 bits per heavy atom. The summed E-state index contributed by atoms with van der Waals surface area (Å²) in [7, 11) is 1.56. The Morgan fingerprint density at radius 3 is 2.59 bits per heavy atom. The van der Waals surface area contributed by atoms with Gasteiger partial charge in [-0.2, -0.15) is 0 Å². The van der Waals surface area contributed by atoms with Crippen molar-refractivity contribution in [2.75, 3.05) is 18.6 Å². The number of rotatable bonds is 3. The van der Waals surface area contributed by atoms with E-state index in [1.54, 1.807) is 25.3 Å². The van der Waals surface area contributed by atoms with Gasteiger partial charge >= 0.3 is 0 Å². The molecule has 1 aromatic carbocycles. The van der Waals surface area contributed by atoms with Gasteiger partial charge in [-0.1, -0.05) is 13.8 Å². The van der Waals surface area contributed by atoms with Crippen molar-refractivity contribution in [2.24, 2.45) is 5.92 Å². The fourth-order valence-corrected chi connectivity index (χ4v) is 1.95. The van der Waals surface area contributed by atoms with E-state index in [1.807, 2.05) is 13.8 Å². The van der Waals surface area contributed by atoms with Crippen LogP contribution in [0.5, 0.6) is 5.75 Å². The number of ether oxygens (including phenoxy) is 1. The second kappa shape index (κ2) is 4.20. The normalized spacial score (nSPS) is 14.5. The maximum Gasteiger partial charge on any atom is 0.299 e. The summed E-state index contributed by atoms with van der Waals surface area (Å²) in [5.74, 6) is 0.0918.